The Labute approximate surface area is 195 Å². The van der Waals surface area contributed by atoms with Crippen molar-refractivity contribution in [2.75, 3.05) is 37.7 Å². The summed E-state index contributed by atoms with van der Waals surface area (Å²) in [4.78, 5) is 31.8. The highest BCUT2D eigenvalue weighted by molar-refractivity contribution is 6.30. The predicted octanol–water partition coefficient (Wildman–Crippen LogP) is 4.31. The van der Waals surface area contributed by atoms with Crippen LogP contribution in [0.3, 0.4) is 0 Å². The van der Waals surface area contributed by atoms with Crippen LogP contribution in [0.5, 0.6) is 0 Å². The molecule has 3 rings (SSSR count). The largest absolute Gasteiger partial charge is 0.465 e. The van der Waals surface area contributed by atoms with Gasteiger partial charge in [-0.05, 0) is 37.6 Å². The van der Waals surface area contributed by atoms with Crippen molar-refractivity contribution < 1.29 is 27.5 Å². The standard InChI is InChI=1S/C23H25ClF3N3O3/c1-3-33-21(32)14-29-8-9-30(20(13-29)16-4-6-19(24)7-5-16)22-17(10-15(2)31)11-18(12-28-22)23(25,26)27/h4-7,11-12,20H,3,8-10,13-14H2,1-2H3. The van der Waals surface area contributed by atoms with Crippen LogP contribution in [0.1, 0.15) is 36.6 Å². The van der Waals surface area contributed by atoms with Gasteiger partial charge in [0, 0.05) is 42.8 Å². The molecule has 1 saturated heterocycles. The van der Waals surface area contributed by atoms with E-state index in [2.05, 4.69) is 4.98 Å². The molecule has 1 aromatic carbocycles. The predicted molar refractivity (Wildman–Crippen MR) is 118 cm³/mol. The summed E-state index contributed by atoms with van der Waals surface area (Å²) in [6.07, 6.45) is -3.93. The number of benzene rings is 1. The number of aromatic nitrogens is 1. The summed E-state index contributed by atoms with van der Waals surface area (Å²) < 4.78 is 44.9. The number of anilines is 1. The molecule has 1 aliphatic rings. The highest BCUT2D eigenvalue weighted by atomic mass is 35.5. The molecule has 10 heteroatoms. The van der Waals surface area contributed by atoms with Gasteiger partial charge in [-0.15, -0.1) is 0 Å². The Hall–Kier alpha value is -2.65. The first-order valence-electron chi connectivity index (χ1n) is 10.5. The van der Waals surface area contributed by atoms with Crippen LogP contribution in [0.25, 0.3) is 0 Å². The minimum Gasteiger partial charge on any atom is -0.465 e. The van der Waals surface area contributed by atoms with Crippen molar-refractivity contribution in [2.45, 2.75) is 32.5 Å². The number of nitrogens with zero attached hydrogens (tertiary/aromatic N) is 3. The van der Waals surface area contributed by atoms with E-state index in [1.807, 2.05) is 21.9 Å². The topological polar surface area (TPSA) is 62.7 Å². The quantitative estimate of drug-likeness (QED) is 0.547. The molecular formula is C23H25ClF3N3O3. The lowest BCUT2D eigenvalue weighted by Crippen LogP contribution is -2.50. The summed E-state index contributed by atoms with van der Waals surface area (Å²) in [6.45, 7) is 4.75. The van der Waals surface area contributed by atoms with Crippen LogP contribution in [-0.4, -0.2) is 54.4 Å². The summed E-state index contributed by atoms with van der Waals surface area (Å²) >= 11 is 6.04. The first kappa shape index (κ1) is 25.0. The molecule has 0 aliphatic carbocycles. The second-order valence-corrected chi connectivity index (χ2v) is 8.32. The van der Waals surface area contributed by atoms with Crippen molar-refractivity contribution in [1.29, 1.82) is 0 Å². The molecule has 2 heterocycles. The lowest BCUT2D eigenvalue weighted by Gasteiger charge is -2.42. The van der Waals surface area contributed by atoms with Crippen LogP contribution < -0.4 is 4.90 Å². The third-order valence-electron chi connectivity index (χ3n) is 5.36. The molecule has 0 bridgehead atoms. The van der Waals surface area contributed by atoms with Gasteiger partial charge in [0.2, 0.25) is 0 Å². The number of ketones is 1. The minimum absolute atomic E-state index is 0.104. The number of piperazine rings is 1. The van der Waals surface area contributed by atoms with Crippen molar-refractivity contribution in [2.24, 2.45) is 0 Å². The van der Waals surface area contributed by atoms with Crippen LogP contribution in [0.2, 0.25) is 5.02 Å². The number of carbonyl (C=O) groups excluding carboxylic acids is 2. The van der Waals surface area contributed by atoms with E-state index in [1.54, 1.807) is 19.1 Å². The normalized spacial score (nSPS) is 17.2. The zero-order valence-electron chi connectivity index (χ0n) is 18.4. The zero-order valence-corrected chi connectivity index (χ0v) is 19.1. The fourth-order valence-corrected chi connectivity index (χ4v) is 4.04. The van der Waals surface area contributed by atoms with Crippen molar-refractivity contribution in [1.82, 2.24) is 9.88 Å². The van der Waals surface area contributed by atoms with E-state index < -0.39 is 11.7 Å². The number of hydrogen-bond donors (Lipinski definition) is 0. The lowest BCUT2D eigenvalue weighted by atomic mass is 10.00. The van der Waals surface area contributed by atoms with Gasteiger partial charge in [0.05, 0.1) is 24.8 Å². The van der Waals surface area contributed by atoms with E-state index in [1.165, 1.54) is 6.92 Å². The number of hydrogen-bond acceptors (Lipinski definition) is 6. The lowest BCUT2D eigenvalue weighted by molar-refractivity contribution is -0.144. The summed E-state index contributed by atoms with van der Waals surface area (Å²) in [6, 6.07) is 7.81. The Morgan fingerprint density at radius 3 is 2.52 bits per heavy atom. The molecule has 1 unspecified atom stereocenters. The zero-order chi connectivity index (χ0) is 24.2. The number of alkyl halides is 3. The van der Waals surface area contributed by atoms with Crippen LogP contribution in [0.15, 0.2) is 36.5 Å². The molecule has 178 valence electrons. The molecule has 0 N–H and O–H groups in total. The molecule has 1 atom stereocenters. The number of pyridine rings is 1. The first-order chi connectivity index (χ1) is 15.6. The fraction of sp³-hybridized carbons (Fsp3) is 0.435. The Kier molecular flexibility index (Phi) is 7.97. The molecular weight excluding hydrogens is 459 g/mol. The average molecular weight is 484 g/mol. The Bertz CT molecular complexity index is 999. The van der Waals surface area contributed by atoms with Crippen LogP contribution >= 0.6 is 11.6 Å². The van der Waals surface area contributed by atoms with Crippen LogP contribution in [0.4, 0.5) is 19.0 Å². The Morgan fingerprint density at radius 1 is 1.21 bits per heavy atom. The Balaban J connectivity index is 1.99. The Morgan fingerprint density at radius 2 is 1.91 bits per heavy atom. The van der Waals surface area contributed by atoms with Crippen molar-refractivity contribution in [3.8, 4) is 0 Å². The highest BCUT2D eigenvalue weighted by Gasteiger charge is 2.35. The first-order valence-corrected chi connectivity index (χ1v) is 10.9. The minimum atomic E-state index is -4.56. The maximum Gasteiger partial charge on any atom is 0.417 e. The number of Topliss-reactive ketones (excluding diaryl/α,β-unsaturated/α-hetero) is 1. The van der Waals surface area contributed by atoms with Gasteiger partial charge in [0.15, 0.2) is 0 Å². The molecule has 0 amide bonds. The fourth-order valence-electron chi connectivity index (χ4n) is 3.91. The third-order valence-corrected chi connectivity index (χ3v) is 5.61. The van der Waals surface area contributed by atoms with Gasteiger partial charge in [-0.25, -0.2) is 4.98 Å². The molecule has 1 aliphatic heterocycles. The maximum absolute atomic E-state index is 13.3. The smallest absolute Gasteiger partial charge is 0.417 e. The van der Waals surface area contributed by atoms with Crippen molar-refractivity contribution in [3.05, 3.63) is 58.2 Å². The third kappa shape index (κ3) is 6.45. The summed E-state index contributed by atoms with van der Waals surface area (Å²) in [5.74, 6) is -0.277. The number of halogens is 4. The van der Waals surface area contributed by atoms with Crippen molar-refractivity contribution in [3.63, 3.8) is 0 Å². The number of ether oxygens (including phenoxy) is 1. The molecule has 0 saturated carbocycles. The second kappa shape index (κ2) is 10.5. The van der Waals surface area contributed by atoms with E-state index in [0.29, 0.717) is 30.5 Å². The molecule has 2 aromatic rings. The summed E-state index contributed by atoms with van der Waals surface area (Å²) in [5, 5.41) is 0.550. The second-order valence-electron chi connectivity index (χ2n) is 7.88. The SMILES string of the molecule is CCOC(=O)CN1CCN(c2ncc(C(F)(F)F)cc2CC(C)=O)C(c2ccc(Cl)cc2)C1. The van der Waals surface area contributed by atoms with E-state index in [0.717, 1.165) is 17.8 Å². The monoisotopic (exact) mass is 483 g/mol. The van der Waals surface area contributed by atoms with E-state index in [9.17, 15) is 22.8 Å². The van der Waals surface area contributed by atoms with Gasteiger partial charge in [-0.2, -0.15) is 13.2 Å². The molecule has 0 spiro atoms. The number of rotatable bonds is 7. The van der Waals surface area contributed by atoms with E-state index in [-0.39, 0.29) is 42.9 Å². The van der Waals surface area contributed by atoms with Gasteiger partial charge in [0.25, 0.3) is 0 Å². The highest BCUT2D eigenvalue weighted by Crippen LogP contribution is 2.36. The molecule has 1 aromatic heterocycles. The van der Waals surface area contributed by atoms with Gasteiger partial charge in [0.1, 0.15) is 11.6 Å². The van der Waals surface area contributed by atoms with E-state index in [4.69, 9.17) is 16.3 Å². The molecule has 0 radical (unpaired) electrons. The van der Waals surface area contributed by atoms with Gasteiger partial charge in [-0.1, -0.05) is 23.7 Å². The molecule has 6 nitrogen and oxygen atoms in total. The number of esters is 1. The summed E-state index contributed by atoms with van der Waals surface area (Å²) in [7, 11) is 0. The average Bonchev–Trinajstić information content (AvgIpc) is 2.73. The maximum atomic E-state index is 13.3. The van der Waals surface area contributed by atoms with Crippen LogP contribution in [-0.2, 0) is 26.9 Å². The molecule has 1 fully saturated rings. The van der Waals surface area contributed by atoms with Gasteiger partial charge in [-0.3, -0.25) is 14.5 Å². The van der Waals surface area contributed by atoms with Gasteiger partial charge >= 0.3 is 12.1 Å². The van der Waals surface area contributed by atoms with E-state index >= 15 is 0 Å². The van der Waals surface area contributed by atoms with Crippen molar-refractivity contribution >= 4 is 29.2 Å². The van der Waals surface area contributed by atoms with Gasteiger partial charge < -0.3 is 9.64 Å². The molecule has 33 heavy (non-hydrogen) atoms. The number of carbonyl (C=O) groups is 2. The van der Waals surface area contributed by atoms with Crippen LogP contribution in [0, 0.1) is 0 Å². The summed E-state index contributed by atoms with van der Waals surface area (Å²) in [5.41, 5.74) is 0.185.